The van der Waals surface area contributed by atoms with Crippen LogP contribution in [0.1, 0.15) is 52.4 Å². The van der Waals surface area contributed by atoms with Crippen molar-refractivity contribution in [1.82, 2.24) is 4.90 Å². The van der Waals surface area contributed by atoms with Crippen LogP contribution in [0.5, 0.6) is 0 Å². The predicted molar refractivity (Wildman–Crippen MR) is 64.1 cm³/mol. The van der Waals surface area contributed by atoms with Gasteiger partial charge in [-0.1, -0.05) is 6.42 Å². The minimum absolute atomic E-state index is 0.160. The normalized spacial score (nSPS) is 20.9. The van der Waals surface area contributed by atoms with E-state index in [1.807, 2.05) is 18.7 Å². The van der Waals surface area contributed by atoms with Crippen LogP contribution in [-0.2, 0) is 9.59 Å². The molecule has 1 unspecified atom stereocenters. The highest BCUT2D eigenvalue weighted by Crippen LogP contribution is 2.24. The summed E-state index contributed by atoms with van der Waals surface area (Å²) in [6.45, 7) is 5.53. The summed E-state index contributed by atoms with van der Waals surface area (Å²) in [6.07, 6.45) is 5.20. The number of hydrogen-bond donors (Lipinski definition) is 0. The predicted octanol–water partition coefficient (Wildman–Crippen LogP) is 2.39. The molecule has 0 aromatic heterocycles. The van der Waals surface area contributed by atoms with Gasteiger partial charge in [0.2, 0.25) is 5.91 Å². The van der Waals surface area contributed by atoms with Gasteiger partial charge in [0.15, 0.2) is 0 Å². The Bertz CT molecular complexity index is 246. The molecule has 1 fully saturated rings. The first kappa shape index (κ1) is 13.2. The molecule has 0 bridgehead atoms. The van der Waals surface area contributed by atoms with Crippen molar-refractivity contribution in [3.8, 4) is 0 Å². The lowest BCUT2D eigenvalue weighted by molar-refractivity contribution is -0.131. The van der Waals surface area contributed by atoms with Crippen LogP contribution in [0.2, 0.25) is 0 Å². The number of hydrogen-bond acceptors (Lipinski definition) is 2. The van der Waals surface area contributed by atoms with Crippen molar-refractivity contribution in [3.05, 3.63) is 0 Å². The summed E-state index contributed by atoms with van der Waals surface area (Å²) in [5.41, 5.74) is 0. The van der Waals surface area contributed by atoms with E-state index in [1.54, 1.807) is 0 Å². The molecule has 0 aliphatic heterocycles. The van der Waals surface area contributed by atoms with Crippen LogP contribution in [0.15, 0.2) is 0 Å². The van der Waals surface area contributed by atoms with Gasteiger partial charge in [0, 0.05) is 31.8 Å². The largest absolute Gasteiger partial charge is 0.343 e. The van der Waals surface area contributed by atoms with E-state index < -0.39 is 0 Å². The maximum atomic E-state index is 11.8. The molecule has 1 saturated carbocycles. The van der Waals surface area contributed by atoms with Gasteiger partial charge in [-0.25, -0.2) is 0 Å². The topological polar surface area (TPSA) is 37.4 Å². The quantitative estimate of drug-likeness (QED) is 0.720. The number of carbonyl (C=O) groups excluding carboxylic acids is 2. The third-order valence-corrected chi connectivity index (χ3v) is 3.50. The van der Waals surface area contributed by atoms with E-state index in [0.717, 1.165) is 45.2 Å². The van der Waals surface area contributed by atoms with Crippen molar-refractivity contribution >= 4 is 11.7 Å². The summed E-state index contributed by atoms with van der Waals surface area (Å²) in [7, 11) is 0. The van der Waals surface area contributed by atoms with Gasteiger partial charge < -0.3 is 4.90 Å². The lowest BCUT2D eigenvalue weighted by Crippen LogP contribution is -2.31. The van der Waals surface area contributed by atoms with Crippen LogP contribution >= 0.6 is 0 Å². The van der Waals surface area contributed by atoms with Crippen molar-refractivity contribution < 1.29 is 9.59 Å². The van der Waals surface area contributed by atoms with Crippen LogP contribution < -0.4 is 0 Å². The standard InChI is InChI=1S/C13H23NO2/c1-3-14(4-2)13(16)10-9-11-7-5-6-8-12(11)15/h11H,3-10H2,1-2H3. The highest BCUT2D eigenvalue weighted by Gasteiger charge is 2.23. The Labute approximate surface area is 98.2 Å². The van der Waals surface area contributed by atoms with Crippen LogP contribution in [0, 0.1) is 5.92 Å². The van der Waals surface area contributed by atoms with Gasteiger partial charge in [0.25, 0.3) is 0 Å². The zero-order chi connectivity index (χ0) is 12.0. The van der Waals surface area contributed by atoms with Crippen LogP contribution in [0.3, 0.4) is 0 Å². The smallest absolute Gasteiger partial charge is 0.222 e. The fourth-order valence-corrected chi connectivity index (χ4v) is 2.39. The second-order valence-electron chi connectivity index (χ2n) is 4.51. The molecule has 0 N–H and O–H groups in total. The summed E-state index contributed by atoms with van der Waals surface area (Å²) in [5, 5.41) is 0. The fourth-order valence-electron chi connectivity index (χ4n) is 2.39. The lowest BCUT2D eigenvalue weighted by Gasteiger charge is -2.22. The molecule has 0 radical (unpaired) electrons. The average molecular weight is 225 g/mol. The van der Waals surface area contributed by atoms with Gasteiger partial charge in [-0.05, 0) is 33.1 Å². The van der Waals surface area contributed by atoms with Crippen LogP contribution in [0.4, 0.5) is 0 Å². The second-order valence-corrected chi connectivity index (χ2v) is 4.51. The number of ketones is 1. The van der Waals surface area contributed by atoms with Gasteiger partial charge in [-0.3, -0.25) is 9.59 Å². The fraction of sp³-hybridized carbons (Fsp3) is 0.846. The first-order valence-electron chi connectivity index (χ1n) is 6.49. The zero-order valence-electron chi connectivity index (χ0n) is 10.5. The molecular weight excluding hydrogens is 202 g/mol. The van der Waals surface area contributed by atoms with E-state index in [4.69, 9.17) is 0 Å². The number of nitrogens with zero attached hydrogens (tertiary/aromatic N) is 1. The molecule has 0 aromatic rings. The van der Waals surface area contributed by atoms with Crippen molar-refractivity contribution in [2.75, 3.05) is 13.1 Å². The van der Waals surface area contributed by atoms with E-state index in [1.165, 1.54) is 0 Å². The first-order valence-corrected chi connectivity index (χ1v) is 6.49. The molecule has 1 rings (SSSR count). The van der Waals surface area contributed by atoms with Crippen LogP contribution in [-0.4, -0.2) is 29.7 Å². The monoisotopic (exact) mass is 225 g/mol. The van der Waals surface area contributed by atoms with Gasteiger partial charge >= 0.3 is 0 Å². The van der Waals surface area contributed by atoms with Crippen molar-refractivity contribution in [1.29, 1.82) is 0 Å². The van der Waals surface area contributed by atoms with E-state index in [9.17, 15) is 9.59 Å². The van der Waals surface area contributed by atoms with Gasteiger partial charge in [-0.15, -0.1) is 0 Å². The Kier molecular flexibility index (Phi) is 5.50. The molecule has 1 aliphatic rings. The summed E-state index contributed by atoms with van der Waals surface area (Å²) in [4.78, 5) is 25.2. The minimum atomic E-state index is 0.160. The molecule has 1 aliphatic carbocycles. The summed E-state index contributed by atoms with van der Waals surface area (Å²) >= 11 is 0. The van der Waals surface area contributed by atoms with E-state index >= 15 is 0 Å². The molecule has 0 saturated heterocycles. The molecule has 1 atom stereocenters. The Hall–Kier alpha value is -0.860. The third-order valence-electron chi connectivity index (χ3n) is 3.50. The second kappa shape index (κ2) is 6.66. The molecule has 3 heteroatoms. The SMILES string of the molecule is CCN(CC)C(=O)CCC1CCCCC1=O. The Morgan fingerprint density at radius 1 is 1.31 bits per heavy atom. The van der Waals surface area contributed by atoms with E-state index in [2.05, 4.69) is 0 Å². The first-order chi connectivity index (χ1) is 7.69. The number of rotatable bonds is 5. The Balaban J connectivity index is 2.32. The summed E-state index contributed by atoms with van der Waals surface area (Å²) in [6, 6.07) is 0. The number of Topliss-reactive ketones (excluding diaryl/α,β-unsaturated/α-hetero) is 1. The summed E-state index contributed by atoms with van der Waals surface area (Å²) in [5.74, 6) is 0.732. The average Bonchev–Trinajstić information content (AvgIpc) is 2.29. The number of amides is 1. The Morgan fingerprint density at radius 2 is 2.00 bits per heavy atom. The van der Waals surface area contributed by atoms with Crippen molar-refractivity contribution in [3.63, 3.8) is 0 Å². The number of carbonyl (C=O) groups is 2. The zero-order valence-corrected chi connectivity index (χ0v) is 10.5. The van der Waals surface area contributed by atoms with Gasteiger partial charge in [0.05, 0.1) is 0 Å². The van der Waals surface area contributed by atoms with Gasteiger partial charge in [-0.2, -0.15) is 0 Å². The molecule has 0 heterocycles. The molecule has 92 valence electrons. The van der Waals surface area contributed by atoms with Crippen LogP contribution in [0.25, 0.3) is 0 Å². The highest BCUT2D eigenvalue weighted by molar-refractivity contribution is 5.82. The van der Waals surface area contributed by atoms with E-state index in [0.29, 0.717) is 12.2 Å². The minimum Gasteiger partial charge on any atom is -0.343 e. The molecule has 1 amide bonds. The van der Waals surface area contributed by atoms with Gasteiger partial charge in [0.1, 0.15) is 5.78 Å². The van der Waals surface area contributed by atoms with E-state index in [-0.39, 0.29) is 11.8 Å². The summed E-state index contributed by atoms with van der Waals surface area (Å²) < 4.78 is 0. The molecule has 0 spiro atoms. The Morgan fingerprint density at radius 3 is 2.56 bits per heavy atom. The van der Waals surface area contributed by atoms with Crippen molar-refractivity contribution in [2.45, 2.75) is 52.4 Å². The highest BCUT2D eigenvalue weighted by atomic mass is 16.2. The van der Waals surface area contributed by atoms with Crippen molar-refractivity contribution in [2.24, 2.45) is 5.92 Å². The molecule has 16 heavy (non-hydrogen) atoms. The lowest BCUT2D eigenvalue weighted by atomic mass is 9.85. The maximum absolute atomic E-state index is 11.8. The molecule has 0 aromatic carbocycles. The molecule has 3 nitrogen and oxygen atoms in total. The maximum Gasteiger partial charge on any atom is 0.222 e. The molecular formula is C13H23NO2. The third kappa shape index (κ3) is 3.62.